The number of carbonyl (C=O) groups excluding carboxylic acids is 1. The van der Waals surface area contributed by atoms with Gasteiger partial charge in [0.1, 0.15) is 5.82 Å². The molecule has 1 aromatic heterocycles. The monoisotopic (exact) mass is 453 g/mol. The molecule has 3 heterocycles. The van der Waals surface area contributed by atoms with Crippen molar-refractivity contribution < 1.29 is 18.7 Å². The van der Waals surface area contributed by atoms with Crippen molar-refractivity contribution in [3.8, 4) is 11.5 Å². The second-order valence-electron chi connectivity index (χ2n) is 7.82. The molecule has 5 rings (SSSR count). The van der Waals surface area contributed by atoms with Crippen molar-refractivity contribution in [2.75, 3.05) is 44.4 Å². The number of ether oxygens (including phenoxy) is 2. The number of hydrogen-bond acceptors (Lipinski definition) is 6. The molecule has 0 bridgehead atoms. The van der Waals surface area contributed by atoms with Crippen molar-refractivity contribution in [2.45, 2.75) is 6.04 Å². The predicted molar refractivity (Wildman–Crippen MR) is 122 cm³/mol. The Morgan fingerprint density at radius 3 is 2.56 bits per heavy atom. The van der Waals surface area contributed by atoms with Crippen LogP contribution in [0.4, 0.5) is 10.1 Å². The number of carbonyl (C=O) groups is 1. The molecule has 0 aliphatic carbocycles. The van der Waals surface area contributed by atoms with E-state index in [2.05, 4.69) is 15.1 Å². The summed E-state index contributed by atoms with van der Waals surface area (Å²) in [7, 11) is 0. The first-order chi connectivity index (χ1) is 15.7. The third-order valence-electron chi connectivity index (χ3n) is 5.93. The van der Waals surface area contributed by atoms with Gasteiger partial charge in [-0.3, -0.25) is 9.69 Å². The Hall–Kier alpha value is -3.10. The molecule has 0 saturated carbocycles. The fraction of sp³-hybridized carbons (Fsp3) is 0.292. The largest absolute Gasteiger partial charge is 0.454 e. The van der Waals surface area contributed by atoms with Gasteiger partial charge in [0.15, 0.2) is 11.5 Å². The highest BCUT2D eigenvalue weighted by Gasteiger charge is 2.27. The van der Waals surface area contributed by atoms with E-state index in [0.29, 0.717) is 11.4 Å². The summed E-state index contributed by atoms with van der Waals surface area (Å²) in [5, 5.41) is 5.00. The molecule has 0 radical (unpaired) electrons. The molecule has 8 heteroatoms. The molecule has 1 amide bonds. The van der Waals surface area contributed by atoms with Crippen LogP contribution in [0.15, 0.2) is 60.0 Å². The molecular formula is C24H24FN3O3S. The van der Waals surface area contributed by atoms with Crippen LogP contribution in [0.3, 0.4) is 0 Å². The first-order valence-electron chi connectivity index (χ1n) is 10.6. The van der Waals surface area contributed by atoms with Gasteiger partial charge in [-0.2, -0.15) is 0 Å². The molecule has 0 spiro atoms. The summed E-state index contributed by atoms with van der Waals surface area (Å²) in [6.07, 6.45) is 0. The normalized spacial score (nSPS) is 16.7. The minimum Gasteiger partial charge on any atom is -0.454 e. The Kier molecular flexibility index (Phi) is 5.96. The minimum atomic E-state index is -0.225. The number of fused-ring (bicyclic) bond motifs is 1. The van der Waals surface area contributed by atoms with E-state index in [9.17, 15) is 9.18 Å². The van der Waals surface area contributed by atoms with Crippen molar-refractivity contribution in [1.82, 2.24) is 10.2 Å². The molecular weight excluding hydrogens is 429 g/mol. The average molecular weight is 454 g/mol. The number of piperazine rings is 1. The summed E-state index contributed by atoms with van der Waals surface area (Å²) < 4.78 is 24.3. The fourth-order valence-corrected chi connectivity index (χ4v) is 4.85. The van der Waals surface area contributed by atoms with E-state index in [1.54, 1.807) is 0 Å². The first kappa shape index (κ1) is 20.8. The lowest BCUT2D eigenvalue weighted by atomic mass is 10.0. The summed E-state index contributed by atoms with van der Waals surface area (Å²) in [4.78, 5) is 17.9. The second-order valence-corrected chi connectivity index (χ2v) is 8.76. The van der Waals surface area contributed by atoms with E-state index in [1.165, 1.54) is 23.5 Å². The van der Waals surface area contributed by atoms with E-state index in [1.807, 2.05) is 47.8 Å². The van der Waals surface area contributed by atoms with Gasteiger partial charge in [-0.15, -0.1) is 11.3 Å². The molecule has 2 aliphatic heterocycles. The SMILES string of the molecule is O=C(NC[C@H](c1ccc2c(c1)OCO2)N1CCN(c2ccc(F)cc2)CC1)c1cccs1. The number of benzene rings is 2. The highest BCUT2D eigenvalue weighted by atomic mass is 32.1. The molecule has 6 nitrogen and oxygen atoms in total. The smallest absolute Gasteiger partial charge is 0.261 e. The number of nitrogens with zero attached hydrogens (tertiary/aromatic N) is 2. The first-order valence-corrected chi connectivity index (χ1v) is 11.5. The topological polar surface area (TPSA) is 54.0 Å². The van der Waals surface area contributed by atoms with Gasteiger partial charge in [0, 0.05) is 38.4 Å². The highest BCUT2D eigenvalue weighted by Crippen LogP contribution is 2.36. The van der Waals surface area contributed by atoms with Gasteiger partial charge in [-0.1, -0.05) is 12.1 Å². The van der Waals surface area contributed by atoms with Crippen LogP contribution >= 0.6 is 11.3 Å². The maximum atomic E-state index is 13.3. The number of halogens is 1. The number of hydrogen-bond donors (Lipinski definition) is 1. The van der Waals surface area contributed by atoms with E-state index < -0.39 is 0 Å². The van der Waals surface area contributed by atoms with E-state index >= 15 is 0 Å². The molecule has 0 unspecified atom stereocenters. The zero-order valence-corrected chi connectivity index (χ0v) is 18.3. The second kappa shape index (κ2) is 9.18. The van der Waals surface area contributed by atoms with Crippen LogP contribution < -0.4 is 19.7 Å². The zero-order valence-electron chi connectivity index (χ0n) is 17.5. The maximum Gasteiger partial charge on any atom is 0.261 e. The Bertz CT molecular complexity index is 1070. The van der Waals surface area contributed by atoms with Crippen molar-refractivity contribution in [3.63, 3.8) is 0 Å². The van der Waals surface area contributed by atoms with Crippen LogP contribution in [0, 0.1) is 5.82 Å². The van der Waals surface area contributed by atoms with Gasteiger partial charge in [0.2, 0.25) is 6.79 Å². The molecule has 166 valence electrons. The Labute approximate surface area is 190 Å². The van der Waals surface area contributed by atoms with Crippen LogP contribution in [0.25, 0.3) is 0 Å². The molecule has 3 aromatic rings. The average Bonchev–Trinajstić information content (AvgIpc) is 3.52. The lowest BCUT2D eigenvalue weighted by Gasteiger charge is -2.40. The molecule has 1 saturated heterocycles. The van der Waals surface area contributed by atoms with Crippen LogP contribution in [0.1, 0.15) is 21.3 Å². The quantitative estimate of drug-likeness (QED) is 0.613. The van der Waals surface area contributed by atoms with Crippen molar-refractivity contribution >= 4 is 22.9 Å². The molecule has 2 aliphatic rings. The van der Waals surface area contributed by atoms with Gasteiger partial charge in [-0.25, -0.2) is 4.39 Å². The Balaban J connectivity index is 1.31. The van der Waals surface area contributed by atoms with Crippen LogP contribution in [0.2, 0.25) is 0 Å². The van der Waals surface area contributed by atoms with Crippen LogP contribution in [-0.2, 0) is 0 Å². The number of amides is 1. The van der Waals surface area contributed by atoms with Gasteiger partial charge >= 0.3 is 0 Å². The Morgan fingerprint density at radius 1 is 1.03 bits per heavy atom. The summed E-state index contributed by atoms with van der Waals surface area (Å²) in [5.74, 6) is 1.20. The number of anilines is 1. The van der Waals surface area contributed by atoms with Gasteiger partial charge < -0.3 is 19.7 Å². The summed E-state index contributed by atoms with van der Waals surface area (Å²) in [5.41, 5.74) is 2.10. The summed E-state index contributed by atoms with van der Waals surface area (Å²) >= 11 is 1.43. The molecule has 1 fully saturated rings. The van der Waals surface area contributed by atoms with Crippen LogP contribution in [-0.4, -0.2) is 50.3 Å². The fourth-order valence-electron chi connectivity index (χ4n) is 4.21. The maximum absolute atomic E-state index is 13.3. The van der Waals surface area contributed by atoms with Gasteiger partial charge in [0.25, 0.3) is 5.91 Å². The van der Waals surface area contributed by atoms with Crippen LogP contribution in [0.5, 0.6) is 11.5 Å². The number of thiophene rings is 1. The third-order valence-corrected chi connectivity index (χ3v) is 6.80. The van der Waals surface area contributed by atoms with E-state index in [0.717, 1.165) is 48.9 Å². The number of rotatable bonds is 6. The van der Waals surface area contributed by atoms with Gasteiger partial charge in [-0.05, 0) is 53.4 Å². The van der Waals surface area contributed by atoms with Crippen molar-refractivity contribution in [3.05, 3.63) is 76.2 Å². The van der Waals surface area contributed by atoms with E-state index in [-0.39, 0.29) is 24.6 Å². The summed E-state index contributed by atoms with van der Waals surface area (Å²) in [6, 6.07) is 16.3. The predicted octanol–water partition coefficient (Wildman–Crippen LogP) is 3.91. The Morgan fingerprint density at radius 2 is 1.81 bits per heavy atom. The highest BCUT2D eigenvalue weighted by molar-refractivity contribution is 7.12. The lowest BCUT2D eigenvalue weighted by molar-refractivity contribution is 0.0934. The molecule has 1 N–H and O–H groups in total. The lowest BCUT2D eigenvalue weighted by Crippen LogP contribution is -2.49. The zero-order chi connectivity index (χ0) is 21.9. The molecule has 1 atom stereocenters. The third kappa shape index (κ3) is 4.42. The van der Waals surface area contributed by atoms with Crippen molar-refractivity contribution in [1.29, 1.82) is 0 Å². The minimum absolute atomic E-state index is 0.00350. The van der Waals surface area contributed by atoms with Crippen molar-refractivity contribution in [2.24, 2.45) is 0 Å². The molecule has 2 aromatic carbocycles. The van der Waals surface area contributed by atoms with Gasteiger partial charge in [0.05, 0.1) is 10.9 Å². The standard InChI is InChI=1S/C24H24FN3O3S/c25-18-4-6-19(7-5-18)27-9-11-28(12-10-27)20(15-26-24(29)23-2-1-13-32-23)17-3-8-21-22(14-17)31-16-30-21/h1-8,13-14,20H,9-12,15-16H2,(H,26,29)/t20-/m1/s1. The van der Waals surface area contributed by atoms with E-state index in [4.69, 9.17) is 9.47 Å². The summed E-state index contributed by atoms with van der Waals surface area (Å²) in [6.45, 7) is 4.02. The number of nitrogens with one attached hydrogen (secondary N) is 1. The molecule has 32 heavy (non-hydrogen) atoms.